The maximum atomic E-state index is 12.1. The van der Waals surface area contributed by atoms with Gasteiger partial charge in [0.15, 0.2) is 5.82 Å². The van der Waals surface area contributed by atoms with E-state index in [1.165, 1.54) is 17.5 Å². The molecule has 4 heterocycles. The Kier molecular flexibility index (Phi) is 4.00. The molecule has 2 amide bonds. The number of carbonyl (C=O) groups excluding carboxylic acids is 1. The van der Waals surface area contributed by atoms with Gasteiger partial charge in [0.25, 0.3) is 0 Å². The fourth-order valence-corrected chi connectivity index (χ4v) is 3.05. The molecule has 25 heavy (non-hydrogen) atoms. The zero-order valence-electron chi connectivity index (χ0n) is 12.5. The lowest BCUT2D eigenvalue weighted by Gasteiger charge is -2.09. The Hall–Kier alpha value is -3.04. The molecule has 0 saturated carbocycles. The van der Waals surface area contributed by atoms with Crippen LogP contribution >= 0.6 is 22.9 Å². The first-order valence-electron chi connectivity index (χ1n) is 7.12. The Morgan fingerprint density at radius 2 is 1.92 bits per heavy atom. The fourth-order valence-electron chi connectivity index (χ4n) is 2.18. The summed E-state index contributed by atoms with van der Waals surface area (Å²) in [7, 11) is 0. The Morgan fingerprint density at radius 3 is 2.68 bits per heavy atom. The van der Waals surface area contributed by atoms with Crippen molar-refractivity contribution in [2.45, 2.75) is 0 Å². The minimum Gasteiger partial charge on any atom is -0.306 e. The van der Waals surface area contributed by atoms with Crippen LogP contribution in [0.5, 0.6) is 0 Å². The lowest BCUT2D eigenvalue weighted by molar-refractivity contribution is 0.262. The van der Waals surface area contributed by atoms with E-state index in [4.69, 9.17) is 11.6 Å². The van der Waals surface area contributed by atoms with Crippen LogP contribution in [0.3, 0.4) is 0 Å². The van der Waals surface area contributed by atoms with Crippen molar-refractivity contribution in [1.82, 2.24) is 24.7 Å². The second kappa shape index (κ2) is 6.46. The van der Waals surface area contributed by atoms with Gasteiger partial charge in [-0.05, 0) is 18.2 Å². The third-order valence-electron chi connectivity index (χ3n) is 3.25. The maximum Gasteiger partial charge on any atom is 0.323 e. The van der Waals surface area contributed by atoms with Crippen molar-refractivity contribution in [3.63, 3.8) is 0 Å². The number of nitrogens with one attached hydrogen (secondary N) is 2. The normalized spacial score (nSPS) is 10.8. The fraction of sp³-hybridized carbons (Fsp3) is 0. The molecule has 4 aromatic heterocycles. The summed E-state index contributed by atoms with van der Waals surface area (Å²) in [5.74, 6) is 0.482. The summed E-state index contributed by atoms with van der Waals surface area (Å²) < 4.78 is 1.54. The first kappa shape index (κ1) is 15.5. The quantitative estimate of drug-likeness (QED) is 0.573. The van der Waals surface area contributed by atoms with Gasteiger partial charge in [-0.25, -0.2) is 24.4 Å². The van der Waals surface area contributed by atoms with Crippen LogP contribution in [0.4, 0.5) is 16.2 Å². The summed E-state index contributed by atoms with van der Waals surface area (Å²) in [4.78, 5) is 25.6. The van der Waals surface area contributed by atoms with Crippen LogP contribution in [0.15, 0.2) is 48.5 Å². The van der Waals surface area contributed by atoms with Crippen molar-refractivity contribution in [2.75, 3.05) is 10.6 Å². The summed E-state index contributed by atoms with van der Waals surface area (Å²) in [5.41, 5.74) is 3.44. The number of amides is 2. The van der Waals surface area contributed by atoms with E-state index in [0.29, 0.717) is 22.2 Å². The van der Waals surface area contributed by atoms with Crippen molar-refractivity contribution in [3.05, 3.63) is 53.5 Å². The maximum absolute atomic E-state index is 12.1. The largest absolute Gasteiger partial charge is 0.323 e. The van der Waals surface area contributed by atoms with E-state index >= 15 is 0 Å². The SMILES string of the molecule is O=C(Nc1cnc(-n2cccn2)c(Cl)c1)Nc1cnc2scnc2c1. The molecular weight excluding hydrogens is 362 g/mol. The highest BCUT2D eigenvalue weighted by Gasteiger charge is 2.09. The molecule has 8 nitrogen and oxygen atoms in total. The second-order valence-electron chi connectivity index (χ2n) is 4.96. The van der Waals surface area contributed by atoms with E-state index in [0.717, 1.165) is 10.3 Å². The minimum absolute atomic E-state index is 0.368. The highest BCUT2D eigenvalue weighted by molar-refractivity contribution is 7.16. The van der Waals surface area contributed by atoms with Crippen molar-refractivity contribution < 1.29 is 4.79 Å². The molecule has 2 N–H and O–H groups in total. The van der Waals surface area contributed by atoms with Crippen LogP contribution in [-0.4, -0.2) is 30.8 Å². The molecular formula is C15H10ClN7OS. The van der Waals surface area contributed by atoms with Gasteiger partial charge in [0.1, 0.15) is 10.3 Å². The zero-order chi connectivity index (χ0) is 17.2. The molecule has 4 rings (SSSR count). The van der Waals surface area contributed by atoms with E-state index in [9.17, 15) is 4.79 Å². The van der Waals surface area contributed by atoms with Gasteiger partial charge < -0.3 is 10.6 Å². The van der Waals surface area contributed by atoms with Gasteiger partial charge in [-0.3, -0.25) is 0 Å². The molecule has 124 valence electrons. The molecule has 10 heteroatoms. The molecule has 0 fully saturated rings. The summed E-state index contributed by atoms with van der Waals surface area (Å²) in [5, 5.41) is 9.81. The van der Waals surface area contributed by atoms with Crippen molar-refractivity contribution in [1.29, 1.82) is 0 Å². The van der Waals surface area contributed by atoms with Crippen LogP contribution in [0.2, 0.25) is 5.02 Å². The summed E-state index contributed by atoms with van der Waals surface area (Å²) in [6.45, 7) is 0. The Labute approximate surface area is 150 Å². The number of carbonyl (C=O) groups is 1. The molecule has 0 unspecified atom stereocenters. The molecule has 4 aromatic rings. The van der Waals surface area contributed by atoms with Gasteiger partial charge in [-0.15, -0.1) is 11.3 Å². The predicted molar refractivity (Wildman–Crippen MR) is 96.4 cm³/mol. The van der Waals surface area contributed by atoms with Crippen molar-refractivity contribution >= 4 is 50.7 Å². The number of nitrogens with zero attached hydrogens (tertiary/aromatic N) is 5. The average Bonchev–Trinajstić information content (AvgIpc) is 3.25. The number of rotatable bonds is 3. The Morgan fingerprint density at radius 1 is 1.12 bits per heavy atom. The average molecular weight is 372 g/mol. The number of pyridine rings is 2. The number of halogens is 1. The van der Waals surface area contributed by atoms with E-state index in [-0.39, 0.29) is 0 Å². The molecule has 0 aromatic carbocycles. The third kappa shape index (κ3) is 3.28. The van der Waals surface area contributed by atoms with Crippen LogP contribution in [-0.2, 0) is 0 Å². The summed E-state index contributed by atoms with van der Waals surface area (Å²) in [6, 6.07) is 4.70. The first-order chi connectivity index (χ1) is 12.2. The predicted octanol–water partition coefficient (Wildman–Crippen LogP) is 3.57. The lowest BCUT2D eigenvalue weighted by Crippen LogP contribution is -2.19. The molecule has 0 aliphatic heterocycles. The highest BCUT2D eigenvalue weighted by Crippen LogP contribution is 2.22. The standard InChI is InChI=1S/C15H10ClN7OS/c16-11-4-9(6-17-13(11)23-3-1-2-20-23)21-15(24)22-10-5-12-14(18-7-10)25-8-19-12/h1-8H,(H2,21,22,24). The second-order valence-corrected chi connectivity index (χ2v) is 6.20. The Bertz CT molecular complexity index is 1050. The van der Waals surface area contributed by atoms with Crippen LogP contribution in [0.1, 0.15) is 0 Å². The first-order valence-corrected chi connectivity index (χ1v) is 8.37. The van der Waals surface area contributed by atoms with Crippen LogP contribution in [0.25, 0.3) is 16.2 Å². The molecule has 0 bridgehead atoms. The van der Waals surface area contributed by atoms with Gasteiger partial charge >= 0.3 is 6.03 Å². The van der Waals surface area contributed by atoms with E-state index in [1.807, 2.05) is 0 Å². The molecule has 0 aliphatic carbocycles. The van der Waals surface area contributed by atoms with E-state index in [2.05, 4.69) is 30.7 Å². The smallest absolute Gasteiger partial charge is 0.306 e. The number of aromatic nitrogens is 5. The topological polar surface area (TPSA) is 97.6 Å². The van der Waals surface area contributed by atoms with Crippen LogP contribution in [0, 0.1) is 0 Å². The number of anilines is 2. The monoisotopic (exact) mass is 371 g/mol. The van der Waals surface area contributed by atoms with E-state index in [1.54, 1.807) is 47.0 Å². The van der Waals surface area contributed by atoms with Gasteiger partial charge in [0, 0.05) is 12.4 Å². The zero-order valence-corrected chi connectivity index (χ0v) is 14.1. The Balaban J connectivity index is 1.47. The summed E-state index contributed by atoms with van der Waals surface area (Å²) >= 11 is 7.64. The van der Waals surface area contributed by atoms with Crippen LogP contribution < -0.4 is 10.6 Å². The summed E-state index contributed by atoms with van der Waals surface area (Å²) in [6.07, 6.45) is 6.44. The van der Waals surface area contributed by atoms with Gasteiger partial charge in [-0.2, -0.15) is 5.10 Å². The highest BCUT2D eigenvalue weighted by atomic mass is 35.5. The molecule has 0 atom stereocenters. The number of thiazole rings is 1. The number of urea groups is 1. The van der Waals surface area contributed by atoms with Gasteiger partial charge in [0.2, 0.25) is 0 Å². The lowest BCUT2D eigenvalue weighted by atomic mass is 10.4. The van der Waals surface area contributed by atoms with Crippen molar-refractivity contribution in [2.24, 2.45) is 0 Å². The molecule has 0 spiro atoms. The third-order valence-corrected chi connectivity index (χ3v) is 4.27. The van der Waals surface area contributed by atoms with Gasteiger partial charge in [-0.1, -0.05) is 11.6 Å². The van der Waals surface area contributed by atoms with E-state index < -0.39 is 6.03 Å². The molecule has 0 saturated heterocycles. The molecule has 0 radical (unpaired) electrons. The number of hydrogen-bond acceptors (Lipinski definition) is 6. The number of fused-ring (bicyclic) bond motifs is 1. The van der Waals surface area contributed by atoms with Gasteiger partial charge in [0.05, 0.1) is 34.3 Å². The molecule has 0 aliphatic rings. The minimum atomic E-state index is -0.430. The van der Waals surface area contributed by atoms with Crippen molar-refractivity contribution in [3.8, 4) is 5.82 Å². The number of hydrogen-bond donors (Lipinski definition) is 2.